The van der Waals surface area contributed by atoms with E-state index in [1.165, 1.54) is 38.3 Å². The molecule has 0 aromatic carbocycles. The van der Waals surface area contributed by atoms with Gasteiger partial charge in [0.2, 0.25) is 0 Å². The largest absolute Gasteiger partial charge is 0.121 e. The maximum Gasteiger partial charge on any atom is -0.0181 e. The van der Waals surface area contributed by atoms with Gasteiger partial charge in [0.1, 0.15) is 0 Å². The van der Waals surface area contributed by atoms with Crippen LogP contribution in [0.3, 0.4) is 0 Å². The zero-order chi connectivity index (χ0) is 18.0. The summed E-state index contributed by atoms with van der Waals surface area (Å²) in [5.74, 6) is 1.84. The molecule has 2 rings (SSSR count). The van der Waals surface area contributed by atoms with Crippen molar-refractivity contribution < 1.29 is 0 Å². The van der Waals surface area contributed by atoms with Crippen LogP contribution in [0.1, 0.15) is 75.1 Å². The van der Waals surface area contributed by atoms with Crippen molar-refractivity contribution in [3.63, 3.8) is 0 Å². The minimum atomic E-state index is 0.0151. The van der Waals surface area contributed by atoms with Crippen molar-refractivity contribution in [2.75, 3.05) is 6.16 Å². The predicted octanol–water partition coefficient (Wildman–Crippen LogP) is 7.78. The van der Waals surface area contributed by atoms with E-state index in [1.807, 2.05) is 5.30 Å². The molecule has 1 aromatic rings. The maximum atomic E-state index is 2.55. The van der Waals surface area contributed by atoms with E-state index in [9.17, 15) is 0 Å². The van der Waals surface area contributed by atoms with Crippen molar-refractivity contribution in [2.24, 2.45) is 18.5 Å². The highest BCUT2D eigenvalue weighted by atomic mass is 31.1. The molecule has 24 heavy (non-hydrogen) atoms. The summed E-state index contributed by atoms with van der Waals surface area (Å²) in [7, 11) is 0.228. The van der Waals surface area contributed by atoms with Gasteiger partial charge in [-0.1, -0.05) is 48.5 Å². The third-order valence-electron chi connectivity index (χ3n) is 6.83. The standard InChI is InChI=1S/C22H40P2/c1-9-10-16(4)21-12-11-20(15(2)3)24(21)14-13-22-18(6)17(5)19(7)23(22)8/h15-16,20-21H,9-14H2,1-8H3/t16-,20-,21?,23?,24?/m1/s1. The summed E-state index contributed by atoms with van der Waals surface area (Å²) in [6.07, 6.45) is 8.74. The Morgan fingerprint density at radius 1 is 1.00 bits per heavy atom. The van der Waals surface area contributed by atoms with Crippen LogP contribution >= 0.6 is 15.5 Å². The lowest BCUT2D eigenvalue weighted by atomic mass is 9.97. The second kappa shape index (κ2) is 8.73. The monoisotopic (exact) mass is 366 g/mol. The zero-order valence-electron chi connectivity index (χ0n) is 17.4. The van der Waals surface area contributed by atoms with Gasteiger partial charge in [-0.3, -0.25) is 0 Å². The molecule has 0 N–H and O–H groups in total. The lowest BCUT2D eigenvalue weighted by Crippen LogP contribution is -2.18. The lowest BCUT2D eigenvalue weighted by molar-refractivity contribution is 0.480. The SMILES string of the molecule is CCC[C@@H](C)C1CC[C@H](C(C)C)P1CCc1c(C)c(C)c(C)p1C. The smallest absolute Gasteiger partial charge is 0.0181 e. The molecule has 138 valence electrons. The second-order valence-corrected chi connectivity index (χ2v) is 13.7. The fraction of sp³-hybridized carbons (Fsp3) is 0.818. The molecule has 1 aliphatic heterocycles. The van der Waals surface area contributed by atoms with E-state index in [-0.39, 0.29) is 15.5 Å². The summed E-state index contributed by atoms with van der Waals surface area (Å²) < 4.78 is 0. The van der Waals surface area contributed by atoms with Crippen LogP contribution in [-0.4, -0.2) is 17.5 Å². The van der Waals surface area contributed by atoms with E-state index in [0.29, 0.717) is 0 Å². The van der Waals surface area contributed by atoms with E-state index < -0.39 is 0 Å². The van der Waals surface area contributed by atoms with Gasteiger partial charge in [-0.2, -0.15) is 0 Å². The lowest BCUT2D eigenvalue weighted by Gasteiger charge is -2.32. The van der Waals surface area contributed by atoms with Gasteiger partial charge in [-0.15, -0.1) is 7.53 Å². The van der Waals surface area contributed by atoms with Crippen molar-refractivity contribution in [1.82, 2.24) is 0 Å². The van der Waals surface area contributed by atoms with Gasteiger partial charge in [-0.05, 0) is 97.7 Å². The van der Waals surface area contributed by atoms with Gasteiger partial charge in [0, 0.05) is 0 Å². The van der Waals surface area contributed by atoms with Crippen molar-refractivity contribution >= 4 is 15.5 Å². The summed E-state index contributed by atoms with van der Waals surface area (Å²) in [4.78, 5) is 0. The van der Waals surface area contributed by atoms with Crippen LogP contribution in [0, 0.1) is 32.6 Å². The van der Waals surface area contributed by atoms with Gasteiger partial charge >= 0.3 is 0 Å². The molecule has 0 nitrogen and oxygen atoms in total. The molecule has 3 unspecified atom stereocenters. The number of rotatable bonds is 7. The highest BCUT2D eigenvalue weighted by Crippen LogP contribution is 2.61. The molecule has 0 radical (unpaired) electrons. The van der Waals surface area contributed by atoms with Crippen molar-refractivity contribution in [3.05, 3.63) is 21.7 Å². The minimum Gasteiger partial charge on any atom is -0.121 e. The van der Waals surface area contributed by atoms with Gasteiger partial charge in [0.25, 0.3) is 0 Å². The van der Waals surface area contributed by atoms with Crippen molar-refractivity contribution in [2.45, 2.75) is 91.9 Å². The first-order chi connectivity index (χ1) is 11.3. The molecule has 1 aliphatic rings. The third-order valence-corrected chi connectivity index (χ3v) is 13.6. The zero-order valence-corrected chi connectivity index (χ0v) is 19.2. The predicted molar refractivity (Wildman–Crippen MR) is 116 cm³/mol. The Morgan fingerprint density at radius 2 is 1.62 bits per heavy atom. The molecule has 1 fully saturated rings. The second-order valence-electron chi connectivity index (χ2n) is 8.55. The topological polar surface area (TPSA) is 0 Å². The Bertz CT molecular complexity index is 515. The van der Waals surface area contributed by atoms with Crippen LogP contribution in [0.4, 0.5) is 0 Å². The number of hydrogen-bond donors (Lipinski definition) is 0. The molecule has 0 saturated carbocycles. The quantitative estimate of drug-likeness (QED) is 0.432. The van der Waals surface area contributed by atoms with Crippen LogP contribution in [0.2, 0.25) is 0 Å². The van der Waals surface area contributed by atoms with Crippen molar-refractivity contribution in [1.29, 1.82) is 0 Å². The highest BCUT2D eigenvalue weighted by molar-refractivity contribution is 7.59. The van der Waals surface area contributed by atoms with Gasteiger partial charge in [-0.25, -0.2) is 0 Å². The maximum absolute atomic E-state index is 2.55. The molecule has 1 saturated heterocycles. The molecule has 2 heterocycles. The van der Waals surface area contributed by atoms with Crippen LogP contribution in [0.25, 0.3) is 0 Å². The van der Waals surface area contributed by atoms with Gasteiger partial charge in [0.15, 0.2) is 0 Å². The van der Waals surface area contributed by atoms with E-state index >= 15 is 0 Å². The molecule has 5 atom stereocenters. The van der Waals surface area contributed by atoms with E-state index in [4.69, 9.17) is 0 Å². The van der Waals surface area contributed by atoms with E-state index in [0.717, 1.165) is 23.2 Å². The van der Waals surface area contributed by atoms with Crippen LogP contribution in [0.5, 0.6) is 0 Å². The summed E-state index contributed by atoms with van der Waals surface area (Å²) in [5.41, 5.74) is 5.33. The molecule has 1 aromatic heterocycles. The van der Waals surface area contributed by atoms with E-state index in [2.05, 4.69) is 55.1 Å². The molecule has 0 spiro atoms. The molecular weight excluding hydrogens is 326 g/mol. The first kappa shape index (κ1) is 20.5. The molecule has 0 bridgehead atoms. The van der Waals surface area contributed by atoms with Gasteiger partial charge in [0.05, 0.1) is 0 Å². The Hall–Kier alpha value is 0.210. The third kappa shape index (κ3) is 4.13. The average molecular weight is 367 g/mol. The Labute approximate surface area is 154 Å². The molecule has 0 aliphatic carbocycles. The summed E-state index contributed by atoms with van der Waals surface area (Å²) in [6, 6.07) is 0. The fourth-order valence-corrected chi connectivity index (χ4v) is 11.5. The molecular formula is C22H40P2. The average Bonchev–Trinajstić information content (AvgIpc) is 3.03. The summed E-state index contributed by atoms with van der Waals surface area (Å²) in [6.45, 7) is 19.5. The first-order valence-corrected chi connectivity index (χ1v) is 13.6. The first-order valence-electron chi connectivity index (χ1n) is 10.2. The normalized spacial score (nSPS) is 26.4. The Morgan fingerprint density at radius 3 is 2.12 bits per heavy atom. The molecule has 0 amide bonds. The molecule has 2 heteroatoms. The number of hydrogen-bond acceptors (Lipinski definition) is 0. The van der Waals surface area contributed by atoms with Crippen molar-refractivity contribution in [3.8, 4) is 0 Å². The minimum absolute atomic E-state index is 0.0151. The van der Waals surface area contributed by atoms with Gasteiger partial charge < -0.3 is 0 Å². The fourth-order valence-electron chi connectivity index (χ4n) is 5.01. The summed E-state index contributed by atoms with van der Waals surface area (Å²) >= 11 is 0. The Balaban J connectivity index is 2.15. The Kier molecular flexibility index (Phi) is 7.47. The van der Waals surface area contributed by atoms with Crippen LogP contribution < -0.4 is 0 Å². The highest BCUT2D eigenvalue weighted by Gasteiger charge is 2.39. The van der Waals surface area contributed by atoms with E-state index in [1.54, 1.807) is 16.4 Å². The van der Waals surface area contributed by atoms with Crippen LogP contribution in [-0.2, 0) is 13.1 Å². The summed E-state index contributed by atoms with van der Waals surface area (Å²) in [5, 5.41) is 3.52. The van der Waals surface area contributed by atoms with Crippen LogP contribution in [0.15, 0.2) is 0 Å².